The molecular formula is C20H30N4O. The fourth-order valence-electron chi connectivity index (χ4n) is 2.87. The number of rotatable bonds is 8. The van der Waals surface area contributed by atoms with E-state index in [0.29, 0.717) is 12.5 Å². The van der Waals surface area contributed by atoms with Crippen molar-refractivity contribution in [3.63, 3.8) is 0 Å². The van der Waals surface area contributed by atoms with Crippen molar-refractivity contribution in [1.82, 2.24) is 15.6 Å². The Morgan fingerprint density at radius 2 is 2.00 bits per heavy atom. The molecule has 0 fully saturated rings. The maximum atomic E-state index is 5.79. The first-order valence-corrected chi connectivity index (χ1v) is 9.04. The number of pyridine rings is 1. The van der Waals surface area contributed by atoms with Crippen molar-refractivity contribution in [1.29, 1.82) is 0 Å². The minimum atomic E-state index is 0.273. The summed E-state index contributed by atoms with van der Waals surface area (Å²) in [6.07, 6.45) is 3.08. The second kappa shape index (κ2) is 9.99. The number of aliphatic imine (C=N–C) groups is 1. The van der Waals surface area contributed by atoms with E-state index in [4.69, 9.17) is 4.74 Å². The zero-order valence-corrected chi connectivity index (χ0v) is 15.7. The highest BCUT2D eigenvalue weighted by molar-refractivity contribution is 5.85. The Kier molecular flexibility index (Phi) is 7.67. The molecule has 0 spiro atoms. The quantitative estimate of drug-likeness (QED) is 0.570. The summed E-state index contributed by atoms with van der Waals surface area (Å²) >= 11 is 0. The molecule has 0 aliphatic rings. The summed E-state index contributed by atoms with van der Waals surface area (Å²) in [5, 5.41) is 9.08. The van der Waals surface area contributed by atoms with Gasteiger partial charge < -0.3 is 15.4 Å². The lowest BCUT2D eigenvalue weighted by Crippen LogP contribution is -2.39. The summed E-state index contributed by atoms with van der Waals surface area (Å²) in [5.74, 6) is 1.30. The topological polar surface area (TPSA) is 58.5 Å². The molecule has 25 heavy (non-hydrogen) atoms. The van der Waals surface area contributed by atoms with Gasteiger partial charge in [0.1, 0.15) is 0 Å². The Balaban J connectivity index is 1.88. The summed E-state index contributed by atoms with van der Waals surface area (Å²) in [6.45, 7) is 8.65. The summed E-state index contributed by atoms with van der Waals surface area (Å²) in [4.78, 5) is 8.80. The van der Waals surface area contributed by atoms with Crippen molar-refractivity contribution in [3.8, 4) is 0 Å². The van der Waals surface area contributed by atoms with Gasteiger partial charge in [0, 0.05) is 31.8 Å². The van der Waals surface area contributed by atoms with Crippen LogP contribution in [0.15, 0.2) is 41.5 Å². The Morgan fingerprint density at radius 1 is 1.20 bits per heavy atom. The molecular weight excluding hydrogens is 312 g/mol. The average Bonchev–Trinajstić information content (AvgIpc) is 2.63. The largest absolute Gasteiger partial charge is 0.378 e. The lowest BCUT2D eigenvalue weighted by Gasteiger charge is -2.21. The molecule has 0 radical (unpaired) electrons. The summed E-state index contributed by atoms with van der Waals surface area (Å²) < 4.78 is 5.79. The summed E-state index contributed by atoms with van der Waals surface area (Å²) in [7, 11) is 1.79. The van der Waals surface area contributed by atoms with Crippen molar-refractivity contribution < 1.29 is 4.74 Å². The lowest BCUT2D eigenvalue weighted by molar-refractivity contribution is 0.0258. The minimum absolute atomic E-state index is 0.273. The van der Waals surface area contributed by atoms with E-state index in [1.165, 1.54) is 10.8 Å². The van der Waals surface area contributed by atoms with Crippen LogP contribution >= 0.6 is 0 Å². The zero-order valence-electron chi connectivity index (χ0n) is 15.7. The van der Waals surface area contributed by atoms with Gasteiger partial charge in [-0.15, -0.1) is 0 Å². The van der Waals surface area contributed by atoms with Gasteiger partial charge in [0.25, 0.3) is 0 Å². The van der Waals surface area contributed by atoms with Crippen molar-refractivity contribution >= 4 is 16.7 Å². The maximum absolute atomic E-state index is 5.79. The van der Waals surface area contributed by atoms with Crippen LogP contribution in [0.4, 0.5) is 0 Å². The summed E-state index contributed by atoms with van der Waals surface area (Å²) in [5.41, 5.74) is 1.02. The van der Waals surface area contributed by atoms with Crippen LogP contribution < -0.4 is 10.6 Å². The van der Waals surface area contributed by atoms with Gasteiger partial charge in [-0.2, -0.15) is 0 Å². The van der Waals surface area contributed by atoms with Gasteiger partial charge in [0.05, 0.1) is 18.3 Å². The Hall–Kier alpha value is -2.14. The molecule has 5 heteroatoms. The van der Waals surface area contributed by atoms with E-state index in [0.717, 1.165) is 31.2 Å². The predicted octanol–water partition coefficient (Wildman–Crippen LogP) is 3.35. The SMILES string of the molecule is CCOC(CCNC(=NC)NCc1nccc2ccccc12)C(C)C. The van der Waals surface area contributed by atoms with Gasteiger partial charge in [-0.25, -0.2) is 0 Å². The molecule has 5 nitrogen and oxygen atoms in total. The van der Waals surface area contributed by atoms with Crippen LogP contribution in [-0.4, -0.2) is 37.2 Å². The van der Waals surface area contributed by atoms with Gasteiger partial charge in [-0.1, -0.05) is 38.1 Å². The average molecular weight is 342 g/mol. The van der Waals surface area contributed by atoms with Crippen LogP contribution in [-0.2, 0) is 11.3 Å². The van der Waals surface area contributed by atoms with Crippen molar-refractivity contribution in [2.24, 2.45) is 10.9 Å². The molecule has 2 N–H and O–H groups in total. The van der Waals surface area contributed by atoms with Crippen molar-refractivity contribution in [2.45, 2.75) is 39.8 Å². The van der Waals surface area contributed by atoms with Crippen LogP contribution in [0.25, 0.3) is 10.8 Å². The zero-order chi connectivity index (χ0) is 18.1. The lowest BCUT2D eigenvalue weighted by atomic mass is 10.0. The number of aromatic nitrogens is 1. The van der Waals surface area contributed by atoms with Crippen LogP contribution in [0.3, 0.4) is 0 Å². The third-order valence-electron chi connectivity index (χ3n) is 4.25. The molecule has 1 aromatic carbocycles. The third-order valence-corrected chi connectivity index (χ3v) is 4.25. The molecule has 136 valence electrons. The maximum Gasteiger partial charge on any atom is 0.191 e. The monoisotopic (exact) mass is 342 g/mol. The second-order valence-corrected chi connectivity index (χ2v) is 6.36. The van der Waals surface area contributed by atoms with Gasteiger partial charge in [-0.3, -0.25) is 9.98 Å². The van der Waals surface area contributed by atoms with E-state index in [1.807, 2.05) is 31.3 Å². The first-order chi connectivity index (χ1) is 12.2. The van der Waals surface area contributed by atoms with Gasteiger partial charge in [0.15, 0.2) is 5.96 Å². The first kappa shape index (κ1) is 19.2. The van der Waals surface area contributed by atoms with Gasteiger partial charge >= 0.3 is 0 Å². The molecule has 1 atom stereocenters. The normalized spacial score (nSPS) is 13.2. The predicted molar refractivity (Wildman–Crippen MR) is 105 cm³/mol. The number of nitrogens with one attached hydrogen (secondary N) is 2. The molecule has 0 bridgehead atoms. The number of benzene rings is 1. The van der Waals surface area contributed by atoms with Crippen molar-refractivity contribution in [2.75, 3.05) is 20.2 Å². The number of hydrogen-bond acceptors (Lipinski definition) is 3. The van der Waals surface area contributed by atoms with E-state index in [-0.39, 0.29) is 6.10 Å². The molecule has 2 aromatic rings. The molecule has 1 heterocycles. The van der Waals surface area contributed by atoms with Crippen molar-refractivity contribution in [3.05, 3.63) is 42.2 Å². The number of fused-ring (bicyclic) bond motifs is 1. The third kappa shape index (κ3) is 5.71. The smallest absolute Gasteiger partial charge is 0.191 e. The highest BCUT2D eigenvalue weighted by atomic mass is 16.5. The van der Waals surface area contributed by atoms with Crippen LogP contribution in [0, 0.1) is 5.92 Å². The van der Waals surface area contributed by atoms with Gasteiger partial charge in [-0.05, 0) is 30.7 Å². The molecule has 1 aromatic heterocycles. The van der Waals surface area contributed by atoms with E-state index >= 15 is 0 Å². The molecule has 0 amide bonds. The number of hydrogen-bond donors (Lipinski definition) is 2. The van der Waals surface area contributed by atoms with E-state index in [1.54, 1.807) is 7.05 Å². The fourth-order valence-corrected chi connectivity index (χ4v) is 2.87. The minimum Gasteiger partial charge on any atom is -0.378 e. The first-order valence-electron chi connectivity index (χ1n) is 9.04. The second-order valence-electron chi connectivity index (χ2n) is 6.36. The van der Waals surface area contributed by atoms with E-state index < -0.39 is 0 Å². The fraction of sp³-hybridized carbons (Fsp3) is 0.500. The van der Waals surface area contributed by atoms with Crippen LogP contribution in [0.5, 0.6) is 0 Å². The Bertz CT molecular complexity index is 679. The van der Waals surface area contributed by atoms with Crippen LogP contribution in [0.2, 0.25) is 0 Å². The molecule has 0 aliphatic heterocycles. The van der Waals surface area contributed by atoms with E-state index in [9.17, 15) is 0 Å². The highest BCUT2D eigenvalue weighted by Crippen LogP contribution is 2.16. The summed E-state index contributed by atoms with van der Waals surface area (Å²) in [6, 6.07) is 10.3. The van der Waals surface area contributed by atoms with Crippen LogP contribution in [0.1, 0.15) is 32.9 Å². The number of nitrogens with zero attached hydrogens (tertiary/aromatic N) is 2. The Labute approximate surface area is 150 Å². The molecule has 1 unspecified atom stereocenters. The molecule has 0 aliphatic carbocycles. The van der Waals surface area contributed by atoms with Gasteiger partial charge in [0.2, 0.25) is 0 Å². The molecule has 2 rings (SSSR count). The Morgan fingerprint density at radius 3 is 2.72 bits per heavy atom. The van der Waals surface area contributed by atoms with E-state index in [2.05, 4.69) is 46.6 Å². The molecule has 0 saturated carbocycles. The number of guanidine groups is 1. The standard InChI is InChI=1S/C20H30N4O/c1-5-25-19(15(2)3)11-13-23-20(21-4)24-14-18-17-9-7-6-8-16(17)10-12-22-18/h6-10,12,15,19H,5,11,13-14H2,1-4H3,(H2,21,23,24). The highest BCUT2D eigenvalue weighted by Gasteiger charge is 2.13. The number of ether oxygens (including phenoxy) is 1. The molecule has 0 saturated heterocycles.